The van der Waals surface area contributed by atoms with Gasteiger partial charge in [0, 0.05) is 24.2 Å². The topological polar surface area (TPSA) is 142 Å². The number of aromatic nitrogens is 5. The zero-order valence-electron chi connectivity index (χ0n) is 22.3. The third-order valence-corrected chi connectivity index (χ3v) is 9.94. The van der Waals surface area contributed by atoms with Crippen molar-refractivity contribution < 1.29 is 9.90 Å². The molecule has 3 saturated carbocycles. The predicted molar refractivity (Wildman–Crippen MR) is 152 cm³/mol. The van der Waals surface area contributed by atoms with Crippen molar-refractivity contribution in [1.82, 2.24) is 29.8 Å². The van der Waals surface area contributed by atoms with Crippen LogP contribution in [0.5, 0.6) is 0 Å². The Hall–Kier alpha value is -3.34. The maximum Gasteiger partial charge on any atom is 0.410 e. The Labute approximate surface area is 231 Å². The number of anilines is 1. The van der Waals surface area contributed by atoms with Gasteiger partial charge in [0.15, 0.2) is 23.1 Å². The highest BCUT2D eigenvalue weighted by atomic mass is 32.1. The Morgan fingerprint density at radius 3 is 2.62 bits per heavy atom. The number of nitrogens with zero attached hydrogens (tertiary/aromatic N) is 5. The number of allylic oxidation sites excluding steroid dienone is 1. The molecule has 0 saturated heterocycles. The Balaban J connectivity index is 1.47. The van der Waals surface area contributed by atoms with Crippen molar-refractivity contribution in [2.75, 3.05) is 5.32 Å². The molecule has 0 bridgehead atoms. The van der Waals surface area contributed by atoms with Crippen LogP contribution in [0.15, 0.2) is 24.2 Å². The molecule has 1 amide bonds. The van der Waals surface area contributed by atoms with Crippen LogP contribution >= 0.6 is 11.3 Å². The van der Waals surface area contributed by atoms with Crippen LogP contribution < -0.4 is 10.6 Å². The number of amidine groups is 1. The number of imidazole rings is 1. The van der Waals surface area contributed by atoms with Gasteiger partial charge in [-0.15, -0.1) is 17.9 Å². The third kappa shape index (κ3) is 4.92. The highest BCUT2D eigenvalue weighted by Crippen LogP contribution is 2.54. The molecule has 39 heavy (non-hydrogen) atoms. The average molecular weight is 549 g/mol. The predicted octanol–water partition coefficient (Wildman–Crippen LogP) is 5.55. The van der Waals surface area contributed by atoms with Crippen molar-refractivity contribution in [2.24, 2.45) is 17.8 Å². The summed E-state index contributed by atoms with van der Waals surface area (Å²) in [5.74, 6) is 2.91. The van der Waals surface area contributed by atoms with Crippen LogP contribution in [0.2, 0.25) is 0 Å². The summed E-state index contributed by atoms with van der Waals surface area (Å²) < 4.78 is 2.33. The molecular weight excluding hydrogens is 512 g/mol. The molecule has 0 aliphatic heterocycles. The first-order chi connectivity index (χ1) is 18.9. The van der Waals surface area contributed by atoms with Crippen molar-refractivity contribution in [1.29, 1.82) is 5.41 Å². The van der Waals surface area contributed by atoms with Gasteiger partial charge in [0.05, 0.1) is 5.41 Å². The molecule has 0 radical (unpaired) electrons. The molecule has 3 aromatic heterocycles. The van der Waals surface area contributed by atoms with Crippen LogP contribution in [0.4, 0.5) is 10.6 Å². The second-order valence-corrected chi connectivity index (χ2v) is 12.4. The fourth-order valence-electron chi connectivity index (χ4n) is 6.21. The maximum absolute atomic E-state index is 11.3. The summed E-state index contributed by atoms with van der Waals surface area (Å²) in [4.78, 5) is 30.5. The lowest BCUT2D eigenvalue weighted by atomic mass is 9.80. The maximum atomic E-state index is 11.3. The summed E-state index contributed by atoms with van der Waals surface area (Å²) in [6.07, 6.45) is 12.7. The van der Waals surface area contributed by atoms with Crippen LogP contribution in [0.25, 0.3) is 11.2 Å². The van der Waals surface area contributed by atoms with E-state index in [0.717, 1.165) is 61.4 Å². The van der Waals surface area contributed by atoms with Crippen LogP contribution in [-0.4, -0.2) is 47.6 Å². The standard InChI is InChI=1S/C28H36N8O2S/c1-3-17-7-9-18(10-8-17)15-36-20-22(31-16(2)19-5-4-6-19)33-24(21(29)32-27(37)38)34-23(20)35-25(36)28(11-12-28)26-30-13-14-39-26/h3,13-14,16-19H,1,4-12,15H2,2H3,(H2,29,32)(H,37,38)(H,31,33,34)/t16-,17?,18?/m1/s1. The highest BCUT2D eigenvalue weighted by Gasteiger charge is 2.52. The molecule has 3 fully saturated rings. The molecule has 0 spiro atoms. The number of rotatable bonds is 9. The lowest BCUT2D eigenvalue weighted by Gasteiger charge is -2.32. The highest BCUT2D eigenvalue weighted by molar-refractivity contribution is 7.09. The van der Waals surface area contributed by atoms with E-state index in [0.29, 0.717) is 29.2 Å². The smallest absolute Gasteiger partial charge is 0.410 e. The Bertz CT molecular complexity index is 1380. The minimum atomic E-state index is -1.32. The molecule has 10 nitrogen and oxygen atoms in total. The van der Waals surface area contributed by atoms with Crippen molar-refractivity contribution in [2.45, 2.75) is 82.7 Å². The van der Waals surface area contributed by atoms with E-state index in [-0.39, 0.29) is 23.1 Å². The van der Waals surface area contributed by atoms with Gasteiger partial charge >= 0.3 is 6.09 Å². The average Bonchev–Trinajstić information content (AvgIpc) is 3.31. The number of thiazole rings is 1. The second-order valence-electron chi connectivity index (χ2n) is 11.5. The summed E-state index contributed by atoms with van der Waals surface area (Å²) >= 11 is 1.66. The summed E-state index contributed by atoms with van der Waals surface area (Å²) in [6, 6.07) is 0.190. The van der Waals surface area contributed by atoms with Crippen LogP contribution in [0.1, 0.15) is 81.4 Å². The first-order valence-corrected chi connectivity index (χ1v) is 14.9. The lowest BCUT2D eigenvalue weighted by molar-refractivity contribution is 0.200. The number of amides is 1. The minimum absolute atomic E-state index is 0.0231. The van der Waals surface area contributed by atoms with E-state index in [2.05, 4.69) is 39.8 Å². The van der Waals surface area contributed by atoms with E-state index in [1.165, 1.54) is 19.3 Å². The fourth-order valence-corrected chi connectivity index (χ4v) is 7.10. The van der Waals surface area contributed by atoms with Gasteiger partial charge in [0.1, 0.15) is 16.3 Å². The Morgan fingerprint density at radius 1 is 1.26 bits per heavy atom. The van der Waals surface area contributed by atoms with Crippen molar-refractivity contribution in [3.63, 3.8) is 0 Å². The SMILES string of the molecule is C=CC1CCC(Cn2c(C3(c4nccs4)CC3)nc3nc(C(=N)NC(=O)O)nc(N[C@H](C)C4CCC4)c32)CC1. The molecule has 3 aliphatic rings. The monoisotopic (exact) mass is 548 g/mol. The number of carboxylic acid groups (broad SMARTS) is 1. The molecule has 4 N–H and O–H groups in total. The fraction of sp³-hybridized carbons (Fsp3) is 0.571. The number of hydrogen-bond acceptors (Lipinski definition) is 8. The quantitative estimate of drug-likeness (QED) is 0.156. The third-order valence-electron chi connectivity index (χ3n) is 8.97. The zero-order valence-corrected chi connectivity index (χ0v) is 23.1. The largest absolute Gasteiger partial charge is 0.465 e. The van der Waals surface area contributed by atoms with Gasteiger partial charge < -0.3 is 15.0 Å². The van der Waals surface area contributed by atoms with E-state index in [9.17, 15) is 9.90 Å². The molecule has 11 heteroatoms. The molecule has 6 rings (SSSR count). The number of fused-ring (bicyclic) bond motifs is 1. The minimum Gasteiger partial charge on any atom is -0.465 e. The number of carbonyl (C=O) groups is 1. The van der Waals surface area contributed by atoms with E-state index in [1.54, 1.807) is 11.3 Å². The Morgan fingerprint density at radius 2 is 2.03 bits per heavy atom. The van der Waals surface area contributed by atoms with Gasteiger partial charge in [-0.25, -0.2) is 24.7 Å². The van der Waals surface area contributed by atoms with E-state index in [4.69, 9.17) is 20.4 Å². The molecule has 3 aromatic rings. The molecular formula is C28H36N8O2S. The summed E-state index contributed by atoms with van der Waals surface area (Å²) in [5, 5.41) is 26.4. The van der Waals surface area contributed by atoms with Gasteiger partial charge in [-0.2, -0.15) is 0 Å². The zero-order chi connectivity index (χ0) is 27.1. The number of hydrogen-bond donors (Lipinski definition) is 4. The molecule has 0 aromatic carbocycles. The molecule has 3 heterocycles. The van der Waals surface area contributed by atoms with Crippen molar-refractivity contribution in [3.05, 3.63) is 40.9 Å². The van der Waals surface area contributed by atoms with E-state index >= 15 is 0 Å². The van der Waals surface area contributed by atoms with Gasteiger partial charge in [0.2, 0.25) is 0 Å². The molecule has 0 unspecified atom stereocenters. The summed E-state index contributed by atoms with van der Waals surface area (Å²) in [5.41, 5.74) is 1.10. The van der Waals surface area contributed by atoms with Gasteiger partial charge in [0.25, 0.3) is 0 Å². The molecule has 3 aliphatic carbocycles. The lowest BCUT2D eigenvalue weighted by Crippen LogP contribution is -2.33. The van der Waals surface area contributed by atoms with Crippen LogP contribution in [0.3, 0.4) is 0 Å². The first-order valence-electron chi connectivity index (χ1n) is 14.0. The van der Waals surface area contributed by atoms with Gasteiger partial charge in [-0.1, -0.05) is 12.5 Å². The normalized spacial score (nSPS) is 23.1. The number of nitrogens with one attached hydrogen (secondary N) is 3. The molecule has 206 valence electrons. The Kier molecular flexibility index (Phi) is 6.86. The van der Waals surface area contributed by atoms with Gasteiger partial charge in [-0.05, 0) is 76.0 Å². The van der Waals surface area contributed by atoms with E-state index in [1.807, 2.05) is 11.6 Å². The molecule has 1 atom stereocenters. The van der Waals surface area contributed by atoms with Gasteiger partial charge in [-0.3, -0.25) is 10.7 Å². The summed E-state index contributed by atoms with van der Waals surface area (Å²) in [6.45, 7) is 7.01. The van der Waals surface area contributed by atoms with Crippen LogP contribution in [0, 0.1) is 23.2 Å². The first kappa shape index (κ1) is 25.9. The summed E-state index contributed by atoms with van der Waals surface area (Å²) in [7, 11) is 0. The van der Waals surface area contributed by atoms with Crippen LogP contribution in [-0.2, 0) is 12.0 Å². The van der Waals surface area contributed by atoms with Crippen molar-refractivity contribution >= 4 is 40.2 Å². The van der Waals surface area contributed by atoms with Crippen molar-refractivity contribution in [3.8, 4) is 0 Å². The van der Waals surface area contributed by atoms with E-state index < -0.39 is 6.09 Å². The second kappa shape index (κ2) is 10.3.